The molecule has 2 aromatic rings. The Bertz CT molecular complexity index is 919. The zero-order valence-electron chi connectivity index (χ0n) is 15.3. The summed E-state index contributed by atoms with van der Waals surface area (Å²) in [5, 5.41) is 2.98. The van der Waals surface area contributed by atoms with Crippen molar-refractivity contribution in [3.05, 3.63) is 46.3 Å². The van der Waals surface area contributed by atoms with Crippen molar-refractivity contribution in [2.75, 3.05) is 18.4 Å². The molecule has 5 nitrogen and oxygen atoms in total. The van der Waals surface area contributed by atoms with Gasteiger partial charge in [0.1, 0.15) is 4.21 Å². The second kappa shape index (κ2) is 7.50. The van der Waals surface area contributed by atoms with E-state index in [1.807, 2.05) is 45.0 Å². The van der Waals surface area contributed by atoms with Crippen molar-refractivity contribution >= 4 is 33.0 Å². The maximum atomic E-state index is 12.8. The predicted molar refractivity (Wildman–Crippen MR) is 105 cm³/mol. The van der Waals surface area contributed by atoms with E-state index in [4.69, 9.17) is 0 Å². The number of carbonyl (C=O) groups excluding carboxylic acids is 1. The third-order valence-corrected chi connectivity index (χ3v) is 8.05. The van der Waals surface area contributed by atoms with Crippen molar-refractivity contribution < 1.29 is 13.2 Å². The zero-order valence-corrected chi connectivity index (χ0v) is 16.9. The van der Waals surface area contributed by atoms with Gasteiger partial charge in [0, 0.05) is 23.7 Å². The Labute approximate surface area is 159 Å². The number of benzene rings is 1. The second-order valence-corrected chi connectivity index (χ2v) is 10.3. The van der Waals surface area contributed by atoms with Crippen molar-refractivity contribution in [1.82, 2.24) is 4.31 Å². The van der Waals surface area contributed by atoms with E-state index in [0.717, 1.165) is 21.7 Å². The molecule has 1 saturated heterocycles. The Morgan fingerprint density at radius 3 is 2.65 bits per heavy atom. The van der Waals surface area contributed by atoms with Gasteiger partial charge in [0.2, 0.25) is 5.91 Å². The standard InChI is InChI=1S/C19H24N2O3S2/c1-13-6-7-14(2)17(11-13)20-19(22)16-5-4-10-21(12-16)26(23,24)18-9-8-15(3)25-18/h6-9,11,16H,4-5,10,12H2,1-3H3,(H,20,22)/t16-/m1/s1. The normalized spacial score (nSPS) is 18.7. The largest absolute Gasteiger partial charge is 0.326 e. The van der Waals surface area contributed by atoms with E-state index < -0.39 is 10.0 Å². The van der Waals surface area contributed by atoms with Crippen LogP contribution in [0.4, 0.5) is 5.69 Å². The zero-order chi connectivity index (χ0) is 18.9. The van der Waals surface area contributed by atoms with Gasteiger partial charge < -0.3 is 5.32 Å². The van der Waals surface area contributed by atoms with Gasteiger partial charge in [-0.3, -0.25) is 4.79 Å². The van der Waals surface area contributed by atoms with Crippen molar-refractivity contribution in [3.8, 4) is 0 Å². The maximum Gasteiger partial charge on any atom is 0.252 e. The first-order chi connectivity index (χ1) is 12.3. The lowest BCUT2D eigenvalue weighted by molar-refractivity contribution is -0.120. The third kappa shape index (κ3) is 4.00. The van der Waals surface area contributed by atoms with Crippen LogP contribution in [-0.2, 0) is 14.8 Å². The summed E-state index contributed by atoms with van der Waals surface area (Å²) in [7, 11) is -3.52. The summed E-state index contributed by atoms with van der Waals surface area (Å²) in [5.41, 5.74) is 2.87. The Balaban J connectivity index is 1.74. The Morgan fingerprint density at radius 1 is 1.19 bits per heavy atom. The molecule has 1 N–H and O–H groups in total. The molecule has 0 saturated carbocycles. The lowest BCUT2D eigenvalue weighted by Gasteiger charge is -2.31. The summed E-state index contributed by atoms with van der Waals surface area (Å²) in [6.45, 7) is 6.52. The van der Waals surface area contributed by atoms with Gasteiger partial charge in [-0.15, -0.1) is 11.3 Å². The number of sulfonamides is 1. The van der Waals surface area contributed by atoms with Crippen molar-refractivity contribution in [3.63, 3.8) is 0 Å². The summed E-state index contributed by atoms with van der Waals surface area (Å²) < 4.78 is 27.5. The molecule has 1 fully saturated rings. The van der Waals surface area contributed by atoms with Crippen LogP contribution in [0, 0.1) is 26.7 Å². The molecule has 26 heavy (non-hydrogen) atoms. The number of aryl methyl sites for hydroxylation is 3. The molecular weight excluding hydrogens is 368 g/mol. The summed E-state index contributed by atoms with van der Waals surface area (Å²) >= 11 is 1.27. The van der Waals surface area contributed by atoms with Crippen LogP contribution < -0.4 is 5.32 Å². The number of nitrogens with zero attached hydrogens (tertiary/aromatic N) is 1. The number of rotatable bonds is 4. The molecule has 0 spiro atoms. The van der Waals surface area contributed by atoms with Crippen LogP contribution in [0.15, 0.2) is 34.5 Å². The van der Waals surface area contributed by atoms with Gasteiger partial charge in [-0.1, -0.05) is 12.1 Å². The molecule has 1 amide bonds. The highest BCUT2D eigenvalue weighted by atomic mass is 32.2. The van der Waals surface area contributed by atoms with E-state index in [0.29, 0.717) is 23.6 Å². The minimum Gasteiger partial charge on any atom is -0.326 e. The molecule has 0 aliphatic carbocycles. The first-order valence-electron chi connectivity index (χ1n) is 8.72. The van der Waals surface area contributed by atoms with Crippen LogP contribution in [0.2, 0.25) is 0 Å². The third-order valence-electron chi connectivity index (χ3n) is 4.72. The van der Waals surface area contributed by atoms with Crippen LogP contribution in [0.1, 0.15) is 28.8 Å². The Hall–Kier alpha value is -1.70. The molecule has 2 heterocycles. The minimum absolute atomic E-state index is 0.110. The van der Waals surface area contributed by atoms with Gasteiger partial charge >= 0.3 is 0 Å². The lowest BCUT2D eigenvalue weighted by Crippen LogP contribution is -2.43. The fourth-order valence-corrected chi connectivity index (χ4v) is 6.12. The number of amides is 1. The van der Waals surface area contributed by atoms with Crippen LogP contribution in [-0.4, -0.2) is 31.7 Å². The molecule has 0 unspecified atom stereocenters. The smallest absolute Gasteiger partial charge is 0.252 e. The molecule has 0 radical (unpaired) electrons. The van der Waals surface area contributed by atoms with Gasteiger partial charge in [-0.05, 0) is 62.9 Å². The number of carbonyl (C=O) groups is 1. The van der Waals surface area contributed by atoms with Gasteiger partial charge in [-0.25, -0.2) is 8.42 Å². The van der Waals surface area contributed by atoms with Gasteiger partial charge in [-0.2, -0.15) is 4.31 Å². The summed E-state index contributed by atoms with van der Waals surface area (Å²) in [4.78, 5) is 13.7. The minimum atomic E-state index is -3.52. The second-order valence-electron chi connectivity index (χ2n) is 6.87. The first kappa shape index (κ1) is 19.1. The highest BCUT2D eigenvalue weighted by Gasteiger charge is 2.34. The summed E-state index contributed by atoms with van der Waals surface area (Å²) in [5.74, 6) is -0.444. The van der Waals surface area contributed by atoms with Crippen LogP contribution in [0.25, 0.3) is 0 Å². The predicted octanol–water partition coefficient (Wildman–Crippen LogP) is 3.71. The Kier molecular flexibility index (Phi) is 5.50. The van der Waals surface area contributed by atoms with Crippen LogP contribution >= 0.6 is 11.3 Å². The van der Waals surface area contributed by atoms with E-state index in [9.17, 15) is 13.2 Å². The van der Waals surface area contributed by atoms with E-state index in [2.05, 4.69) is 5.32 Å². The average molecular weight is 393 g/mol. The van der Waals surface area contributed by atoms with Crippen molar-refractivity contribution in [2.24, 2.45) is 5.92 Å². The highest BCUT2D eigenvalue weighted by Crippen LogP contribution is 2.29. The molecule has 7 heteroatoms. The monoisotopic (exact) mass is 392 g/mol. The molecule has 1 aliphatic heterocycles. The topological polar surface area (TPSA) is 66.5 Å². The van der Waals surface area contributed by atoms with Gasteiger partial charge in [0.05, 0.1) is 5.92 Å². The molecule has 3 rings (SSSR count). The number of anilines is 1. The first-order valence-corrected chi connectivity index (χ1v) is 11.0. The molecule has 140 valence electrons. The number of thiophene rings is 1. The van der Waals surface area contributed by atoms with E-state index in [1.165, 1.54) is 15.6 Å². The summed E-state index contributed by atoms with van der Waals surface area (Å²) in [6, 6.07) is 9.38. The van der Waals surface area contributed by atoms with E-state index in [-0.39, 0.29) is 18.4 Å². The van der Waals surface area contributed by atoms with Gasteiger partial charge in [0.25, 0.3) is 10.0 Å². The SMILES string of the molecule is Cc1ccc(C)c(NC(=O)[C@@H]2CCCN(S(=O)(=O)c3ccc(C)s3)C2)c1. The van der Waals surface area contributed by atoms with Crippen molar-refractivity contribution in [2.45, 2.75) is 37.8 Å². The molecule has 1 atom stereocenters. The number of hydrogen-bond acceptors (Lipinski definition) is 4. The molecular formula is C19H24N2O3S2. The van der Waals surface area contributed by atoms with Crippen LogP contribution in [0.5, 0.6) is 0 Å². The number of nitrogens with one attached hydrogen (secondary N) is 1. The average Bonchev–Trinajstić information content (AvgIpc) is 3.05. The van der Waals surface area contributed by atoms with Crippen LogP contribution in [0.3, 0.4) is 0 Å². The fraction of sp³-hybridized carbons (Fsp3) is 0.421. The molecule has 0 bridgehead atoms. The van der Waals surface area contributed by atoms with E-state index >= 15 is 0 Å². The highest BCUT2D eigenvalue weighted by molar-refractivity contribution is 7.91. The number of hydrogen-bond donors (Lipinski definition) is 1. The fourth-order valence-electron chi connectivity index (χ4n) is 3.16. The Morgan fingerprint density at radius 2 is 1.96 bits per heavy atom. The van der Waals surface area contributed by atoms with Crippen molar-refractivity contribution in [1.29, 1.82) is 0 Å². The molecule has 1 aromatic heterocycles. The maximum absolute atomic E-state index is 12.8. The van der Waals surface area contributed by atoms with Gasteiger partial charge in [0.15, 0.2) is 0 Å². The molecule has 1 aliphatic rings. The number of piperidine rings is 1. The summed E-state index contributed by atoms with van der Waals surface area (Å²) in [6.07, 6.45) is 1.39. The molecule has 1 aromatic carbocycles. The quantitative estimate of drug-likeness (QED) is 0.862. The van der Waals surface area contributed by atoms with E-state index in [1.54, 1.807) is 6.07 Å². The lowest BCUT2D eigenvalue weighted by atomic mass is 9.98.